The predicted molar refractivity (Wildman–Crippen MR) is 131 cm³/mol. The van der Waals surface area contributed by atoms with Gasteiger partial charge in [0.05, 0.1) is 23.6 Å². The van der Waals surface area contributed by atoms with Gasteiger partial charge in [-0.25, -0.2) is 0 Å². The lowest BCUT2D eigenvalue weighted by atomic mass is 10.1. The number of nitrogens with zero attached hydrogens (tertiary/aromatic N) is 3. The van der Waals surface area contributed by atoms with Crippen LogP contribution in [-0.4, -0.2) is 59.4 Å². The molecular formula is C27H32N4O2. The molecule has 1 amide bonds. The Bertz CT molecular complexity index is 1070. The van der Waals surface area contributed by atoms with Gasteiger partial charge < -0.3 is 14.5 Å². The van der Waals surface area contributed by atoms with Gasteiger partial charge in [0.1, 0.15) is 0 Å². The lowest BCUT2D eigenvalue weighted by molar-refractivity contribution is -0.0586. The summed E-state index contributed by atoms with van der Waals surface area (Å²) in [6.45, 7) is 7.57. The number of morpholine rings is 1. The third-order valence-corrected chi connectivity index (χ3v) is 6.61. The molecule has 1 aromatic heterocycles. The highest BCUT2D eigenvalue weighted by molar-refractivity contribution is 5.94. The van der Waals surface area contributed by atoms with Gasteiger partial charge in [0.25, 0.3) is 5.91 Å². The Balaban J connectivity index is 1.27. The van der Waals surface area contributed by atoms with Crippen LogP contribution in [0.3, 0.4) is 0 Å². The summed E-state index contributed by atoms with van der Waals surface area (Å²) >= 11 is 0. The zero-order valence-electron chi connectivity index (χ0n) is 19.5. The van der Waals surface area contributed by atoms with Gasteiger partial charge in [0.15, 0.2) is 0 Å². The topological polar surface area (TPSA) is 61.5 Å². The van der Waals surface area contributed by atoms with E-state index in [1.54, 1.807) is 0 Å². The molecule has 2 atom stereocenters. The Morgan fingerprint density at radius 3 is 2.21 bits per heavy atom. The number of aromatic nitrogens is 2. The summed E-state index contributed by atoms with van der Waals surface area (Å²) in [4.78, 5) is 17.3. The van der Waals surface area contributed by atoms with Gasteiger partial charge in [0, 0.05) is 43.0 Å². The lowest BCUT2D eigenvalue weighted by Gasteiger charge is -2.35. The minimum absolute atomic E-state index is 0.0580. The molecule has 2 fully saturated rings. The van der Waals surface area contributed by atoms with Crippen molar-refractivity contribution >= 4 is 11.6 Å². The first kappa shape index (κ1) is 21.7. The van der Waals surface area contributed by atoms with Crippen LogP contribution in [-0.2, 0) is 4.74 Å². The number of carbonyl (C=O) groups excluding carboxylic acids is 1. The third-order valence-electron chi connectivity index (χ3n) is 6.61. The fourth-order valence-corrected chi connectivity index (χ4v) is 4.93. The number of H-pyrrole nitrogens is 1. The molecule has 3 aromatic rings. The second-order valence-electron chi connectivity index (χ2n) is 9.31. The van der Waals surface area contributed by atoms with Gasteiger partial charge >= 0.3 is 0 Å². The van der Waals surface area contributed by atoms with Crippen LogP contribution in [0.2, 0.25) is 0 Å². The number of amides is 1. The Morgan fingerprint density at radius 2 is 1.55 bits per heavy atom. The molecule has 0 aliphatic carbocycles. The van der Waals surface area contributed by atoms with Crippen molar-refractivity contribution in [2.45, 2.75) is 45.3 Å². The largest absolute Gasteiger partial charge is 0.372 e. The van der Waals surface area contributed by atoms with Gasteiger partial charge in [-0.15, -0.1) is 0 Å². The molecule has 33 heavy (non-hydrogen) atoms. The summed E-state index contributed by atoms with van der Waals surface area (Å²) in [5.74, 6) is 0.0580. The number of hydrogen-bond donors (Lipinski definition) is 1. The number of hydrogen-bond acceptors (Lipinski definition) is 4. The zero-order chi connectivity index (χ0) is 22.8. The summed E-state index contributed by atoms with van der Waals surface area (Å²) in [6.07, 6.45) is 4.02. The number of carbonyl (C=O) groups is 1. The number of ether oxygens (including phenoxy) is 1. The SMILES string of the molecule is CC1CN(C(=O)c2ccc(-c3cc(-c4ccc(N5CCCCC5)cc4)n[nH]3)cc2)CC(C)O1. The summed E-state index contributed by atoms with van der Waals surface area (Å²) in [6, 6.07) is 18.5. The van der Waals surface area contributed by atoms with Crippen LogP contribution in [0.25, 0.3) is 22.5 Å². The second kappa shape index (κ2) is 9.40. The van der Waals surface area contributed by atoms with Crippen molar-refractivity contribution in [3.05, 3.63) is 60.2 Å². The molecule has 2 aliphatic heterocycles. The van der Waals surface area contributed by atoms with Crippen LogP contribution in [0.1, 0.15) is 43.5 Å². The van der Waals surface area contributed by atoms with Gasteiger partial charge in [-0.05, 0) is 69.0 Å². The Hall–Kier alpha value is -3.12. The summed E-state index contributed by atoms with van der Waals surface area (Å²) in [5, 5.41) is 7.67. The van der Waals surface area contributed by atoms with Crippen molar-refractivity contribution in [3.63, 3.8) is 0 Å². The van der Waals surface area contributed by atoms with Crippen LogP contribution in [0.4, 0.5) is 5.69 Å². The highest BCUT2D eigenvalue weighted by atomic mass is 16.5. The Labute approximate surface area is 195 Å². The predicted octanol–water partition coefficient (Wildman–Crippen LogP) is 4.98. The minimum Gasteiger partial charge on any atom is -0.372 e. The smallest absolute Gasteiger partial charge is 0.254 e. The molecule has 6 nitrogen and oxygen atoms in total. The standard InChI is InChI=1S/C27H32N4O2/c1-19-17-31(18-20(2)33-19)27(32)23-8-6-21(7-9-23)25-16-26(29-28-25)22-10-12-24(13-11-22)30-14-4-3-5-15-30/h6-13,16,19-20H,3-5,14-15,17-18H2,1-2H3,(H,28,29). The minimum atomic E-state index is 0.0580. The first-order valence-electron chi connectivity index (χ1n) is 12.0. The molecule has 0 saturated carbocycles. The molecule has 2 saturated heterocycles. The van der Waals surface area contributed by atoms with E-state index >= 15 is 0 Å². The van der Waals surface area contributed by atoms with Crippen molar-refractivity contribution in [3.8, 4) is 22.5 Å². The first-order chi connectivity index (χ1) is 16.1. The average molecular weight is 445 g/mol. The molecule has 6 heteroatoms. The van der Waals surface area contributed by atoms with E-state index in [1.165, 1.54) is 24.9 Å². The number of nitrogens with one attached hydrogen (secondary N) is 1. The first-order valence-corrected chi connectivity index (χ1v) is 12.0. The third kappa shape index (κ3) is 4.81. The highest BCUT2D eigenvalue weighted by Crippen LogP contribution is 2.27. The fraction of sp³-hybridized carbons (Fsp3) is 0.407. The maximum atomic E-state index is 12.9. The van der Waals surface area contributed by atoms with E-state index in [4.69, 9.17) is 4.74 Å². The number of anilines is 1. The fourth-order valence-electron chi connectivity index (χ4n) is 4.93. The molecule has 2 aliphatic rings. The normalized spacial score (nSPS) is 21.3. The molecule has 3 heterocycles. The van der Waals surface area contributed by atoms with Crippen molar-refractivity contribution in [1.29, 1.82) is 0 Å². The van der Waals surface area contributed by atoms with E-state index in [1.807, 2.05) is 43.0 Å². The number of rotatable bonds is 4. The van der Waals surface area contributed by atoms with Gasteiger partial charge in [0.2, 0.25) is 0 Å². The van der Waals surface area contributed by atoms with E-state index in [-0.39, 0.29) is 18.1 Å². The second-order valence-corrected chi connectivity index (χ2v) is 9.31. The van der Waals surface area contributed by atoms with E-state index < -0.39 is 0 Å². The van der Waals surface area contributed by atoms with Crippen molar-refractivity contribution in [2.75, 3.05) is 31.1 Å². The molecular weight excluding hydrogens is 412 g/mol. The van der Waals surface area contributed by atoms with E-state index in [9.17, 15) is 4.79 Å². The quantitative estimate of drug-likeness (QED) is 0.616. The van der Waals surface area contributed by atoms with Crippen molar-refractivity contribution < 1.29 is 9.53 Å². The molecule has 2 aromatic carbocycles. The molecule has 5 rings (SSSR count). The molecule has 2 unspecified atom stereocenters. The monoisotopic (exact) mass is 444 g/mol. The van der Waals surface area contributed by atoms with E-state index in [2.05, 4.69) is 45.4 Å². The van der Waals surface area contributed by atoms with Crippen LogP contribution in [0.5, 0.6) is 0 Å². The molecule has 0 spiro atoms. The molecule has 1 N–H and O–H groups in total. The Kier molecular flexibility index (Phi) is 6.18. The van der Waals surface area contributed by atoms with Crippen LogP contribution < -0.4 is 4.90 Å². The van der Waals surface area contributed by atoms with Gasteiger partial charge in [-0.1, -0.05) is 24.3 Å². The van der Waals surface area contributed by atoms with Crippen molar-refractivity contribution in [2.24, 2.45) is 0 Å². The maximum Gasteiger partial charge on any atom is 0.254 e. The van der Waals surface area contributed by atoms with Crippen LogP contribution in [0.15, 0.2) is 54.6 Å². The number of piperidine rings is 1. The zero-order valence-corrected chi connectivity index (χ0v) is 19.5. The maximum absolute atomic E-state index is 12.9. The van der Waals surface area contributed by atoms with Crippen LogP contribution >= 0.6 is 0 Å². The number of benzene rings is 2. The van der Waals surface area contributed by atoms with Crippen molar-refractivity contribution in [1.82, 2.24) is 15.1 Å². The van der Waals surface area contributed by atoms with E-state index in [0.717, 1.165) is 35.6 Å². The molecule has 172 valence electrons. The van der Waals surface area contributed by atoms with Gasteiger partial charge in [-0.3, -0.25) is 9.89 Å². The summed E-state index contributed by atoms with van der Waals surface area (Å²) in [5.41, 5.74) is 5.97. The highest BCUT2D eigenvalue weighted by Gasteiger charge is 2.26. The van der Waals surface area contributed by atoms with Crippen LogP contribution in [0, 0.1) is 0 Å². The number of aromatic amines is 1. The molecule has 0 radical (unpaired) electrons. The Morgan fingerprint density at radius 1 is 0.909 bits per heavy atom. The summed E-state index contributed by atoms with van der Waals surface area (Å²) < 4.78 is 5.75. The van der Waals surface area contributed by atoms with Gasteiger partial charge in [-0.2, -0.15) is 5.10 Å². The lowest BCUT2D eigenvalue weighted by Crippen LogP contribution is -2.48. The molecule has 0 bridgehead atoms. The summed E-state index contributed by atoms with van der Waals surface area (Å²) in [7, 11) is 0. The average Bonchev–Trinajstić information content (AvgIpc) is 3.34. The van der Waals surface area contributed by atoms with E-state index in [0.29, 0.717) is 18.7 Å².